The maximum absolute atomic E-state index is 15.0. The van der Waals surface area contributed by atoms with Crippen LogP contribution in [0.15, 0.2) is 71.8 Å². The molecule has 14 nitrogen and oxygen atoms in total. The molecule has 1 saturated heterocycles. The van der Waals surface area contributed by atoms with Crippen molar-refractivity contribution in [2.24, 2.45) is 16.7 Å². The SMILES string of the molecule is CC(=O)O[C@@]12COC1C[C@H](O)[C@@]1(C)C(=O)[C@H](O)C3=C(C)C(OC(=O)[C@H](O)[C@@H](CC(=O)OC(C)(C)C)c4ccccc4)C[C@@](O)([C@@H](OC(=O)c4ccccc4)[C@@H]12)C3(C)C. The fraction of sp³-hybridized carbons (Fsp3) is 0.568. The average molecular weight is 807 g/mol. The van der Waals surface area contributed by atoms with Gasteiger partial charge in [0.15, 0.2) is 17.5 Å². The highest BCUT2D eigenvalue weighted by Gasteiger charge is 2.78. The summed E-state index contributed by atoms with van der Waals surface area (Å²) in [4.78, 5) is 69.1. The molecule has 14 heteroatoms. The summed E-state index contributed by atoms with van der Waals surface area (Å²) in [6, 6.07) is 16.3. The maximum Gasteiger partial charge on any atom is 0.338 e. The summed E-state index contributed by atoms with van der Waals surface area (Å²) in [6.07, 6.45) is -10.7. The van der Waals surface area contributed by atoms with Crippen LogP contribution >= 0.6 is 0 Å². The third-order valence-electron chi connectivity index (χ3n) is 12.8. The molecule has 4 N–H and O–H groups in total. The second-order valence-electron chi connectivity index (χ2n) is 17.8. The first-order valence-electron chi connectivity index (χ1n) is 19.6. The number of Topliss-reactive ketones (excluding diaryl/α,β-unsaturated/α-hetero) is 1. The van der Waals surface area contributed by atoms with Crippen molar-refractivity contribution in [3.05, 3.63) is 82.9 Å². The Morgan fingerprint density at radius 1 is 0.948 bits per heavy atom. The van der Waals surface area contributed by atoms with Gasteiger partial charge in [0.25, 0.3) is 0 Å². The Hall–Kier alpha value is -4.47. The van der Waals surface area contributed by atoms with Crippen LogP contribution in [0.5, 0.6) is 0 Å². The van der Waals surface area contributed by atoms with E-state index >= 15 is 0 Å². The average Bonchev–Trinajstić information content (AvgIpc) is 3.14. The minimum atomic E-state index is -2.34. The van der Waals surface area contributed by atoms with Gasteiger partial charge < -0.3 is 44.1 Å². The predicted octanol–water partition coefficient (Wildman–Crippen LogP) is 3.51. The molecule has 2 aromatic carbocycles. The zero-order valence-corrected chi connectivity index (χ0v) is 34.1. The van der Waals surface area contributed by atoms with Gasteiger partial charge in [-0.15, -0.1) is 0 Å². The second kappa shape index (κ2) is 15.3. The number of hydrogen-bond donors (Lipinski definition) is 4. The van der Waals surface area contributed by atoms with Gasteiger partial charge in [-0.25, -0.2) is 9.59 Å². The summed E-state index contributed by atoms with van der Waals surface area (Å²) in [5, 5.41) is 49.1. The Kier molecular flexibility index (Phi) is 11.4. The van der Waals surface area contributed by atoms with E-state index in [9.17, 15) is 44.4 Å². The molecular weight excluding hydrogens is 752 g/mol. The highest BCUT2D eigenvalue weighted by Crippen LogP contribution is 2.64. The molecule has 1 heterocycles. The van der Waals surface area contributed by atoms with Crippen LogP contribution in [-0.2, 0) is 42.9 Å². The lowest BCUT2D eigenvalue weighted by Gasteiger charge is -2.67. The van der Waals surface area contributed by atoms with E-state index in [1.54, 1.807) is 83.1 Å². The van der Waals surface area contributed by atoms with Gasteiger partial charge in [-0.1, -0.05) is 62.4 Å². The number of aliphatic hydroxyl groups excluding tert-OH is 3. The lowest BCUT2D eigenvalue weighted by molar-refractivity contribution is -0.346. The smallest absolute Gasteiger partial charge is 0.338 e. The molecule has 0 radical (unpaired) electrons. The molecule has 314 valence electrons. The Labute approximate surface area is 337 Å². The van der Waals surface area contributed by atoms with Gasteiger partial charge in [-0.2, -0.15) is 0 Å². The summed E-state index contributed by atoms with van der Waals surface area (Å²) in [6.45, 7) is 12.0. The lowest BCUT2D eigenvalue weighted by atomic mass is 9.44. The Morgan fingerprint density at radius 2 is 1.55 bits per heavy atom. The number of rotatable bonds is 9. The first-order chi connectivity index (χ1) is 27.0. The van der Waals surface area contributed by atoms with Gasteiger partial charge in [-0.3, -0.25) is 14.4 Å². The van der Waals surface area contributed by atoms with Gasteiger partial charge in [0, 0.05) is 31.1 Å². The summed E-state index contributed by atoms with van der Waals surface area (Å²) < 4.78 is 29.7. The highest BCUT2D eigenvalue weighted by molar-refractivity contribution is 5.94. The van der Waals surface area contributed by atoms with Crippen molar-refractivity contribution in [2.75, 3.05) is 6.61 Å². The predicted molar refractivity (Wildman–Crippen MR) is 205 cm³/mol. The number of fused-ring (bicyclic) bond motifs is 5. The lowest BCUT2D eigenvalue weighted by Crippen LogP contribution is -2.81. The van der Waals surface area contributed by atoms with Gasteiger partial charge in [-0.05, 0) is 63.5 Å². The van der Waals surface area contributed by atoms with Crippen molar-refractivity contribution in [3.8, 4) is 0 Å². The van der Waals surface area contributed by atoms with Crippen LogP contribution < -0.4 is 0 Å². The first kappa shape index (κ1) is 43.1. The molecule has 1 aliphatic heterocycles. The number of ketones is 1. The van der Waals surface area contributed by atoms with Gasteiger partial charge >= 0.3 is 23.9 Å². The van der Waals surface area contributed by atoms with Crippen LogP contribution in [0.1, 0.15) is 96.5 Å². The van der Waals surface area contributed by atoms with Gasteiger partial charge in [0.2, 0.25) is 0 Å². The number of carbonyl (C=O) groups excluding carboxylic acids is 5. The number of benzene rings is 2. The molecular formula is C44H54O14. The zero-order valence-electron chi connectivity index (χ0n) is 34.1. The van der Waals surface area contributed by atoms with Crippen molar-refractivity contribution in [3.63, 3.8) is 0 Å². The minimum absolute atomic E-state index is 0.0481. The van der Waals surface area contributed by atoms with Crippen molar-refractivity contribution in [1.29, 1.82) is 0 Å². The van der Waals surface area contributed by atoms with Crippen LogP contribution in [0.3, 0.4) is 0 Å². The molecule has 3 fully saturated rings. The Bertz CT molecular complexity index is 1970. The quantitative estimate of drug-likeness (QED) is 0.162. The summed E-state index contributed by atoms with van der Waals surface area (Å²) in [7, 11) is 0. The molecule has 58 heavy (non-hydrogen) atoms. The standard InChI is InChI=1S/C44H54O14/c1-23-28(55-39(52)33(48)27(25-15-11-9-12-16-25)19-31(47)58-40(3,4)5)21-44(53)37(56-38(51)26-17-13-10-14-18-26)35-42(8,36(50)34(49)32(23)41(44,6)7)29(46)20-30-43(35,22-54-30)57-24(2)45/h9-18,27-30,33-35,37,46,48-49,53H,19-22H2,1-8H3/t27-,28?,29-,30?,33+,34+,35-,37-,42+,43-,44+/m0/s1. The van der Waals surface area contributed by atoms with E-state index in [0.29, 0.717) is 5.56 Å². The fourth-order valence-corrected chi connectivity index (χ4v) is 9.82. The van der Waals surface area contributed by atoms with E-state index < -0.39 is 119 Å². The van der Waals surface area contributed by atoms with E-state index in [-0.39, 0.29) is 29.7 Å². The topological polar surface area (TPSA) is 212 Å². The third kappa shape index (κ3) is 7.16. The number of aliphatic hydroxyl groups is 4. The molecule has 11 atom stereocenters. The molecule has 2 aromatic rings. The van der Waals surface area contributed by atoms with Crippen LogP contribution in [0.4, 0.5) is 0 Å². The van der Waals surface area contributed by atoms with Crippen LogP contribution in [0.25, 0.3) is 0 Å². The normalized spacial score (nSPS) is 33.8. The molecule has 6 rings (SSSR count). The van der Waals surface area contributed by atoms with E-state index in [4.69, 9.17) is 23.7 Å². The van der Waals surface area contributed by atoms with E-state index in [0.717, 1.165) is 6.92 Å². The van der Waals surface area contributed by atoms with Gasteiger partial charge in [0.1, 0.15) is 35.6 Å². The van der Waals surface area contributed by atoms with Crippen LogP contribution in [-0.4, -0.2) is 110 Å². The molecule has 4 aliphatic rings. The number of ether oxygens (including phenoxy) is 5. The third-order valence-corrected chi connectivity index (χ3v) is 12.8. The molecule has 0 spiro atoms. The summed E-state index contributed by atoms with van der Waals surface area (Å²) in [5.74, 6) is -7.07. The van der Waals surface area contributed by atoms with Crippen molar-refractivity contribution < 1.29 is 68.1 Å². The molecule has 2 unspecified atom stereocenters. The van der Waals surface area contributed by atoms with Crippen molar-refractivity contribution in [2.45, 2.75) is 134 Å². The second-order valence-corrected chi connectivity index (χ2v) is 17.8. The van der Waals surface area contributed by atoms with Crippen molar-refractivity contribution >= 4 is 29.7 Å². The molecule has 0 amide bonds. The monoisotopic (exact) mass is 806 g/mol. The highest BCUT2D eigenvalue weighted by atomic mass is 16.6. The van der Waals surface area contributed by atoms with Crippen LogP contribution in [0, 0.1) is 16.7 Å². The largest absolute Gasteiger partial charge is 0.460 e. The molecule has 0 aromatic heterocycles. The first-order valence-corrected chi connectivity index (χ1v) is 19.6. The number of carbonyl (C=O) groups is 5. The fourth-order valence-electron chi connectivity index (χ4n) is 9.82. The van der Waals surface area contributed by atoms with Gasteiger partial charge in [0.05, 0.1) is 36.0 Å². The Morgan fingerprint density at radius 3 is 2.10 bits per heavy atom. The van der Waals surface area contributed by atoms with Crippen molar-refractivity contribution in [1.82, 2.24) is 0 Å². The Balaban J connectivity index is 1.49. The van der Waals surface area contributed by atoms with E-state index in [1.165, 1.54) is 26.0 Å². The number of hydrogen-bond acceptors (Lipinski definition) is 14. The van der Waals surface area contributed by atoms with E-state index in [2.05, 4.69) is 0 Å². The summed E-state index contributed by atoms with van der Waals surface area (Å²) >= 11 is 0. The molecule has 3 aliphatic carbocycles. The molecule has 2 bridgehead atoms. The summed E-state index contributed by atoms with van der Waals surface area (Å²) in [5.41, 5.74) is -7.87. The minimum Gasteiger partial charge on any atom is -0.460 e. The molecule has 2 saturated carbocycles. The van der Waals surface area contributed by atoms with Crippen LogP contribution in [0.2, 0.25) is 0 Å². The number of esters is 4. The zero-order chi connectivity index (χ0) is 42.7. The van der Waals surface area contributed by atoms with E-state index in [1.807, 2.05) is 0 Å². The maximum atomic E-state index is 15.0.